The number of nitrogens with zero attached hydrogens (tertiary/aromatic N) is 1. The van der Waals surface area contributed by atoms with Gasteiger partial charge in [-0.15, -0.1) is 0 Å². The number of ketones is 1. The van der Waals surface area contributed by atoms with E-state index in [1.807, 2.05) is 0 Å². The van der Waals surface area contributed by atoms with Gasteiger partial charge in [-0.25, -0.2) is 0 Å². The fourth-order valence-electron chi connectivity index (χ4n) is 1.86. The van der Waals surface area contributed by atoms with Crippen LogP contribution in [0.5, 0.6) is 0 Å². The van der Waals surface area contributed by atoms with Crippen LogP contribution in [0, 0.1) is 5.92 Å². The third kappa shape index (κ3) is 3.87. The van der Waals surface area contributed by atoms with Crippen molar-refractivity contribution in [3.05, 3.63) is 0 Å². The lowest BCUT2D eigenvalue weighted by molar-refractivity contribution is -0.116. The Morgan fingerprint density at radius 2 is 2.23 bits per heavy atom. The highest BCUT2D eigenvalue weighted by atomic mass is 16.1. The Kier molecular flexibility index (Phi) is 3.88. The minimum atomic E-state index is 0.228. The molecule has 1 fully saturated rings. The van der Waals surface area contributed by atoms with Crippen LogP contribution in [-0.4, -0.2) is 36.4 Å². The van der Waals surface area contributed by atoms with Crippen molar-refractivity contribution in [2.75, 3.05) is 19.6 Å². The molecule has 0 aromatic carbocycles. The molecule has 1 aliphatic rings. The molecule has 0 bridgehead atoms. The van der Waals surface area contributed by atoms with E-state index in [0.29, 0.717) is 24.7 Å². The summed E-state index contributed by atoms with van der Waals surface area (Å²) in [5.41, 5.74) is 5.95. The van der Waals surface area contributed by atoms with Crippen molar-refractivity contribution in [3.63, 3.8) is 0 Å². The Bertz CT molecular complexity index is 180. The zero-order valence-electron chi connectivity index (χ0n) is 8.62. The summed E-state index contributed by atoms with van der Waals surface area (Å²) in [5.74, 6) is 1.00. The normalized spacial score (nSPS) is 21.4. The van der Waals surface area contributed by atoms with Gasteiger partial charge in [0.2, 0.25) is 0 Å². The molecule has 1 aliphatic heterocycles. The van der Waals surface area contributed by atoms with Crippen LogP contribution in [0.25, 0.3) is 0 Å². The summed E-state index contributed by atoms with van der Waals surface area (Å²) in [5, 5.41) is 0. The monoisotopic (exact) mass is 184 g/mol. The van der Waals surface area contributed by atoms with Gasteiger partial charge in [-0.1, -0.05) is 13.8 Å². The maximum atomic E-state index is 11.0. The first-order chi connectivity index (χ1) is 6.08. The number of likely N-dealkylation sites (tertiary alicyclic amines) is 1. The molecule has 13 heavy (non-hydrogen) atoms. The zero-order valence-corrected chi connectivity index (χ0v) is 8.62. The van der Waals surface area contributed by atoms with Crippen molar-refractivity contribution in [1.82, 2.24) is 4.90 Å². The fourth-order valence-corrected chi connectivity index (χ4v) is 1.86. The average molecular weight is 184 g/mol. The summed E-state index contributed by atoms with van der Waals surface area (Å²) in [6.45, 7) is 6.75. The summed E-state index contributed by atoms with van der Waals surface area (Å²) in [6.07, 6.45) is 1.76. The number of carbonyl (C=O) groups is 1. The first-order valence-electron chi connectivity index (χ1n) is 5.07. The van der Waals surface area contributed by atoms with Gasteiger partial charge in [-0.2, -0.15) is 0 Å². The molecule has 0 spiro atoms. The largest absolute Gasteiger partial charge is 0.327 e. The molecule has 0 aromatic heterocycles. The first kappa shape index (κ1) is 10.7. The van der Waals surface area contributed by atoms with E-state index >= 15 is 0 Å². The molecule has 0 unspecified atom stereocenters. The van der Waals surface area contributed by atoms with Crippen LogP contribution < -0.4 is 5.73 Å². The molecule has 0 radical (unpaired) electrons. The molecule has 1 atom stereocenters. The quantitative estimate of drug-likeness (QED) is 0.697. The fraction of sp³-hybridized carbons (Fsp3) is 0.900. The summed E-state index contributed by atoms with van der Waals surface area (Å²) in [4.78, 5) is 13.1. The van der Waals surface area contributed by atoms with Gasteiger partial charge in [-0.3, -0.25) is 9.69 Å². The molecular weight excluding hydrogens is 164 g/mol. The van der Waals surface area contributed by atoms with Crippen LogP contribution in [-0.2, 0) is 4.79 Å². The molecule has 3 nitrogen and oxygen atoms in total. The number of rotatable bonds is 4. The average Bonchev–Trinajstić information content (AvgIpc) is 2.33. The number of carbonyl (C=O) groups excluding carboxylic acids is 1. The molecule has 2 N–H and O–H groups in total. The Morgan fingerprint density at radius 3 is 2.69 bits per heavy atom. The molecule has 0 aromatic rings. The number of hydrogen-bond donors (Lipinski definition) is 1. The smallest absolute Gasteiger partial charge is 0.148 e. The van der Waals surface area contributed by atoms with Crippen LogP contribution in [0.4, 0.5) is 0 Å². The molecule has 0 amide bonds. The summed E-state index contributed by atoms with van der Waals surface area (Å²) >= 11 is 0. The van der Waals surface area contributed by atoms with Gasteiger partial charge in [0.15, 0.2) is 0 Å². The maximum Gasteiger partial charge on any atom is 0.148 e. The van der Waals surface area contributed by atoms with Crippen molar-refractivity contribution >= 4 is 5.78 Å². The lowest BCUT2D eigenvalue weighted by Crippen LogP contribution is -2.37. The van der Waals surface area contributed by atoms with Crippen molar-refractivity contribution in [3.8, 4) is 0 Å². The predicted molar refractivity (Wildman–Crippen MR) is 53.5 cm³/mol. The molecule has 76 valence electrons. The highest BCUT2D eigenvalue weighted by Gasteiger charge is 2.20. The third-order valence-electron chi connectivity index (χ3n) is 2.37. The lowest BCUT2D eigenvalue weighted by Gasteiger charge is -2.20. The molecular formula is C10H20N2O. The Balaban J connectivity index is 2.20. The van der Waals surface area contributed by atoms with Crippen LogP contribution in [0.15, 0.2) is 0 Å². The van der Waals surface area contributed by atoms with E-state index in [2.05, 4.69) is 18.7 Å². The molecule has 1 saturated heterocycles. The standard InChI is InChI=1S/C10H20N2O/c1-8(2)5-9(11)6-12-4-3-10(13)7-12/h8-9H,3-7,11H2,1-2H3/t9-/m0/s1. The molecule has 3 heteroatoms. The second kappa shape index (κ2) is 4.72. The Labute approximate surface area is 80.3 Å². The van der Waals surface area contributed by atoms with Crippen LogP contribution in [0.2, 0.25) is 0 Å². The molecule has 1 heterocycles. The SMILES string of the molecule is CC(C)C[C@H](N)CN1CCC(=O)C1. The van der Waals surface area contributed by atoms with Gasteiger partial charge in [0, 0.05) is 25.6 Å². The van der Waals surface area contributed by atoms with E-state index in [1.165, 1.54) is 0 Å². The second-order valence-corrected chi connectivity index (χ2v) is 4.41. The van der Waals surface area contributed by atoms with E-state index in [1.54, 1.807) is 0 Å². The first-order valence-corrected chi connectivity index (χ1v) is 5.07. The number of nitrogens with two attached hydrogens (primary N) is 1. The molecule has 1 rings (SSSR count). The van der Waals surface area contributed by atoms with Gasteiger partial charge in [0.1, 0.15) is 5.78 Å². The predicted octanol–water partition coefficient (Wildman–Crippen LogP) is 0.635. The van der Waals surface area contributed by atoms with Crippen LogP contribution in [0.3, 0.4) is 0 Å². The highest BCUT2D eigenvalue weighted by Crippen LogP contribution is 2.08. The summed E-state index contributed by atoms with van der Waals surface area (Å²) < 4.78 is 0. The topological polar surface area (TPSA) is 46.3 Å². The van der Waals surface area contributed by atoms with Gasteiger partial charge in [0.25, 0.3) is 0 Å². The Hall–Kier alpha value is -0.410. The van der Waals surface area contributed by atoms with Gasteiger partial charge in [0.05, 0.1) is 6.54 Å². The molecule has 0 aliphatic carbocycles. The molecule has 0 saturated carbocycles. The van der Waals surface area contributed by atoms with Crippen molar-refractivity contribution < 1.29 is 4.79 Å². The lowest BCUT2D eigenvalue weighted by atomic mass is 10.0. The van der Waals surface area contributed by atoms with Gasteiger partial charge >= 0.3 is 0 Å². The minimum Gasteiger partial charge on any atom is -0.327 e. The summed E-state index contributed by atoms with van der Waals surface area (Å²) in [7, 11) is 0. The van der Waals surface area contributed by atoms with E-state index < -0.39 is 0 Å². The van der Waals surface area contributed by atoms with Gasteiger partial charge in [-0.05, 0) is 12.3 Å². The maximum absolute atomic E-state index is 11.0. The van der Waals surface area contributed by atoms with E-state index in [4.69, 9.17) is 5.73 Å². The van der Waals surface area contributed by atoms with Crippen molar-refractivity contribution in [2.45, 2.75) is 32.7 Å². The van der Waals surface area contributed by atoms with Gasteiger partial charge < -0.3 is 5.73 Å². The van der Waals surface area contributed by atoms with Crippen molar-refractivity contribution in [2.24, 2.45) is 11.7 Å². The highest BCUT2D eigenvalue weighted by molar-refractivity contribution is 5.82. The van der Waals surface area contributed by atoms with E-state index in [-0.39, 0.29) is 6.04 Å². The number of hydrogen-bond acceptors (Lipinski definition) is 3. The van der Waals surface area contributed by atoms with Crippen molar-refractivity contribution in [1.29, 1.82) is 0 Å². The minimum absolute atomic E-state index is 0.228. The van der Waals surface area contributed by atoms with Crippen LogP contribution >= 0.6 is 0 Å². The van der Waals surface area contributed by atoms with Crippen LogP contribution in [0.1, 0.15) is 26.7 Å². The summed E-state index contributed by atoms with van der Waals surface area (Å²) in [6, 6.07) is 0.228. The number of Topliss-reactive ketones (excluding diaryl/α,β-unsaturated/α-hetero) is 1. The third-order valence-corrected chi connectivity index (χ3v) is 2.37. The Morgan fingerprint density at radius 1 is 1.54 bits per heavy atom. The van der Waals surface area contributed by atoms with E-state index in [0.717, 1.165) is 19.5 Å². The zero-order chi connectivity index (χ0) is 9.84. The van der Waals surface area contributed by atoms with E-state index in [9.17, 15) is 4.79 Å². The second-order valence-electron chi connectivity index (χ2n) is 4.41.